The van der Waals surface area contributed by atoms with Gasteiger partial charge in [0.2, 0.25) is 0 Å². The van der Waals surface area contributed by atoms with Gasteiger partial charge in [0.05, 0.1) is 12.5 Å². The molecule has 14 heavy (non-hydrogen) atoms. The SMILES string of the molecule is C=C1C[C@H]2CC[C@]1(C(=O)OC)C2(C)C. The average Bonchev–Trinajstić information content (AvgIpc) is 2.49. The molecule has 0 spiro atoms. The fourth-order valence-corrected chi connectivity index (χ4v) is 3.57. The van der Waals surface area contributed by atoms with Crippen LogP contribution in [-0.4, -0.2) is 13.1 Å². The first-order valence-electron chi connectivity index (χ1n) is 5.23. The van der Waals surface area contributed by atoms with Gasteiger partial charge in [0.1, 0.15) is 0 Å². The highest BCUT2D eigenvalue weighted by atomic mass is 16.5. The van der Waals surface area contributed by atoms with Crippen molar-refractivity contribution in [2.75, 3.05) is 7.11 Å². The summed E-state index contributed by atoms with van der Waals surface area (Å²) >= 11 is 0. The molecule has 2 fully saturated rings. The number of hydrogen-bond donors (Lipinski definition) is 0. The molecule has 2 heteroatoms. The van der Waals surface area contributed by atoms with Crippen LogP contribution >= 0.6 is 0 Å². The summed E-state index contributed by atoms with van der Waals surface area (Å²) in [5.74, 6) is 0.543. The monoisotopic (exact) mass is 194 g/mol. The molecule has 2 bridgehead atoms. The van der Waals surface area contributed by atoms with Crippen molar-refractivity contribution in [1.29, 1.82) is 0 Å². The van der Waals surface area contributed by atoms with E-state index < -0.39 is 0 Å². The van der Waals surface area contributed by atoms with Crippen LogP contribution in [0.5, 0.6) is 0 Å². The Morgan fingerprint density at radius 1 is 1.57 bits per heavy atom. The molecular formula is C12H18O2. The molecule has 2 rings (SSSR count). The standard InChI is InChI=1S/C12H18O2/c1-8-7-9-5-6-12(8,10(13)14-4)11(9,2)3/h9H,1,5-7H2,2-4H3/t9-,12+/m1/s1. The average molecular weight is 194 g/mol. The molecule has 2 aliphatic rings. The molecule has 0 saturated heterocycles. The van der Waals surface area contributed by atoms with Gasteiger partial charge in [0, 0.05) is 0 Å². The Kier molecular flexibility index (Phi) is 1.82. The molecule has 0 heterocycles. The Morgan fingerprint density at radius 2 is 2.21 bits per heavy atom. The van der Waals surface area contributed by atoms with Crippen LogP contribution < -0.4 is 0 Å². The molecule has 0 aromatic carbocycles. The number of carbonyl (C=O) groups is 1. The molecule has 0 aromatic heterocycles. The van der Waals surface area contributed by atoms with Crippen molar-refractivity contribution in [3.63, 3.8) is 0 Å². The summed E-state index contributed by atoms with van der Waals surface area (Å²) < 4.78 is 4.96. The summed E-state index contributed by atoms with van der Waals surface area (Å²) in [6, 6.07) is 0. The smallest absolute Gasteiger partial charge is 0.316 e. The fourth-order valence-electron chi connectivity index (χ4n) is 3.57. The van der Waals surface area contributed by atoms with Crippen LogP contribution in [0.2, 0.25) is 0 Å². The van der Waals surface area contributed by atoms with Crippen LogP contribution in [0, 0.1) is 16.7 Å². The molecule has 0 aromatic rings. The lowest BCUT2D eigenvalue weighted by Crippen LogP contribution is -2.40. The van der Waals surface area contributed by atoms with Gasteiger partial charge in [-0.3, -0.25) is 4.79 Å². The minimum atomic E-state index is -0.383. The quantitative estimate of drug-likeness (QED) is 0.473. The third kappa shape index (κ3) is 0.800. The highest BCUT2D eigenvalue weighted by Crippen LogP contribution is 2.68. The number of carbonyl (C=O) groups excluding carboxylic acids is 1. The lowest BCUT2D eigenvalue weighted by Gasteiger charge is -2.35. The van der Waals surface area contributed by atoms with Crippen LogP contribution in [0.1, 0.15) is 33.1 Å². The van der Waals surface area contributed by atoms with Crippen molar-refractivity contribution in [2.24, 2.45) is 16.7 Å². The predicted octanol–water partition coefficient (Wildman–Crippen LogP) is 2.54. The number of rotatable bonds is 1. The molecular weight excluding hydrogens is 176 g/mol. The van der Waals surface area contributed by atoms with Gasteiger partial charge in [-0.1, -0.05) is 26.0 Å². The van der Waals surface area contributed by atoms with E-state index in [1.54, 1.807) is 0 Å². The zero-order valence-electron chi connectivity index (χ0n) is 9.22. The van der Waals surface area contributed by atoms with Crippen molar-refractivity contribution in [1.82, 2.24) is 0 Å². The lowest BCUT2D eigenvalue weighted by molar-refractivity contribution is -0.154. The molecule has 2 nitrogen and oxygen atoms in total. The third-order valence-corrected chi connectivity index (χ3v) is 4.62. The highest BCUT2D eigenvalue weighted by Gasteiger charge is 2.65. The largest absolute Gasteiger partial charge is 0.468 e. The van der Waals surface area contributed by atoms with Gasteiger partial charge in [-0.25, -0.2) is 0 Å². The second-order valence-corrected chi connectivity index (χ2v) is 5.16. The molecule has 2 saturated carbocycles. The van der Waals surface area contributed by atoms with E-state index in [1.165, 1.54) is 7.11 Å². The Morgan fingerprint density at radius 3 is 2.57 bits per heavy atom. The minimum Gasteiger partial charge on any atom is -0.468 e. The second kappa shape index (κ2) is 2.62. The van der Waals surface area contributed by atoms with Gasteiger partial charge in [-0.05, 0) is 30.6 Å². The van der Waals surface area contributed by atoms with Crippen LogP contribution in [0.4, 0.5) is 0 Å². The van der Waals surface area contributed by atoms with E-state index in [9.17, 15) is 4.79 Å². The number of ether oxygens (including phenoxy) is 1. The lowest BCUT2D eigenvalue weighted by atomic mass is 9.68. The van der Waals surface area contributed by atoms with Crippen LogP contribution in [0.3, 0.4) is 0 Å². The van der Waals surface area contributed by atoms with E-state index in [4.69, 9.17) is 4.74 Å². The van der Waals surface area contributed by atoms with Gasteiger partial charge in [0.25, 0.3) is 0 Å². The maximum absolute atomic E-state index is 11.9. The fraction of sp³-hybridized carbons (Fsp3) is 0.750. The van der Waals surface area contributed by atoms with E-state index in [0.29, 0.717) is 5.92 Å². The van der Waals surface area contributed by atoms with Gasteiger partial charge < -0.3 is 4.74 Å². The van der Waals surface area contributed by atoms with Crippen LogP contribution in [0.25, 0.3) is 0 Å². The van der Waals surface area contributed by atoms with E-state index >= 15 is 0 Å². The zero-order chi connectivity index (χ0) is 10.6. The van der Waals surface area contributed by atoms with Crippen molar-refractivity contribution in [2.45, 2.75) is 33.1 Å². The molecule has 0 radical (unpaired) electrons. The van der Waals surface area contributed by atoms with Crippen LogP contribution in [0.15, 0.2) is 12.2 Å². The molecule has 0 N–H and O–H groups in total. The topological polar surface area (TPSA) is 26.3 Å². The second-order valence-electron chi connectivity index (χ2n) is 5.16. The number of esters is 1. The zero-order valence-corrected chi connectivity index (χ0v) is 9.22. The van der Waals surface area contributed by atoms with Gasteiger partial charge >= 0.3 is 5.97 Å². The summed E-state index contributed by atoms with van der Waals surface area (Å²) in [6.07, 6.45) is 3.07. The first kappa shape index (κ1) is 9.75. The van der Waals surface area contributed by atoms with E-state index in [1.807, 2.05) is 0 Å². The molecule has 2 atom stereocenters. The van der Waals surface area contributed by atoms with Crippen molar-refractivity contribution >= 4 is 5.97 Å². The van der Waals surface area contributed by atoms with Crippen molar-refractivity contribution in [3.8, 4) is 0 Å². The molecule has 78 valence electrons. The number of hydrogen-bond acceptors (Lipinski definition) is 2. The Hall–Kier alpha value is -0.790. The Labute approximate surface area is 85.3 Å². The number of methoxy groups -OCH3 is 1. The first-order valence-corrected chi connectivity index (χ1v) is 5.23. The Bertz CT molecular complexity index is 303. The highest BCUT2D eigenvalue weighted by molar-refractivity contribution is 5.83. The summed E-state index contributed by atoms with van der Waals surface area (Å²) in [6.45, 7) is 8.43. The third-order valence-electron chi connectivity index (χ3n) is 4.62. The maximum atomic E-state index is 11.9. The molecule has 0 unspecified atom stereocenters. The first-order chi connectivity index (χ1) is 6.46. The van der Waals surface area contributed by atoms with Crippen molar-refractivity contribution < 1.29 is 9.53 Å². The van der Waals surface area contributed by atoms with Gasteiger partial charge in [-0.15, -0.1) is 0 Å². The number of fused-ring (bicyclic) bond motifs is 2. The Balaban J connectivity index is 2.49. The van der Waals surface area contributed by atoms with Gasteiger partial charge in [0.15, 0.2) is 0 Å². The normalized spacial score (nSPS) is 38.8. The molecule has 0 aliphatic heterocycles. The van der Waals surface area contributed by atoms with Crippen LogP contribution in [-0.2, 0) is 9.53 Å². The van der Waals surface area contributed by atoms with Gasteiger partial charge in [-0.2, -0.15) is 0 Å². The van der Waals surface area contributed by atoms with E-state index in [-0.39, 0.29) is 16.8 Å². The van der Waals surface area contributed by atoms with E-state index in [2.05, 4.69) is 20.4 Å². The summed E-state index contributed by atoms with van der Waals surface area (Å²) in [7, 11) is 1.48. The maximum Gasteiger partial charge on any atom is 0.316 e. The molecule has 0 amide bonds. The summed E-state index contributed by atoms with van der Waals surface area (Å²) in [5, 5.41) is 0. The molecule has 2 aliphatic carbocycles. The van der Waals surface area contributed by atoms with E-state index in [0.717, 1.165) is 24.8 Å². The minimum absolute atomic E-state index is 0.0389. The summed E-state index contributed by atoms with van der Waals surface area (Å²) in [5.41, 5.74) is 0.745. The predicted molar refractivity (Wildman–Crippen MR) is 54.7 cm³/mol. The van der Waals surface area contributed by atoms with Crippen molar-refractivity contribution in [3.05, 3.63) is 12.2 Å². The summed E-state index contributed by atoms with van der Waals surface area (Å²) in [4.78, 5) is 11.9.